The van der Waals surface area contributed by atoms with Crippen molar-refractivity contribution in [2.75, 3.05) is 11.4 Å². The van der Waals surface area contributed by atoms with Crippen molar-refractivity contribution in [1.82, 2.24) is 0 Å². The maximum absolute atomic E-state index is 10.7. The number of carboxylic acids is 1. The van der Waals surface area contributed by atoms with E-state index in [0.717, 1.165) is 24.6 Å². The average molecular weight is 273 g/mol. The number of benzene rings is 1. The monoisotopic (exact) mass is 273 g/mol. The first-order chi connectivity index (χ1) is 9.74. The number of carboxylic acid groups (broad SMARTS) is 1. The maximum Gasteiger partial charge on any atom is 0.303 e. The number of aryl methyl sites for hydroxylation is 1. The highest BCUT2D eigenvalue weighted by Gasteiger charge is 2.27. The Morgan fingerprint density at radius 3 is 2.80 bits per heavy atom. The van der Waals surface area contributed by atoms with Crippen LogP contribution in [0.3, 0.4) is 0 Å². The first-order valence-corrected chi connectivity index (χ1v) is 7.84. The standard InChI is InChI=1S/C17H23NO2/c19-17(20)9-7-13-6-8-16-14(12-13)10-11-18(16)15-4-2-1-3-5-15/h6,8,12,15H,1-5,7,9-11H2,(H,19,20). The largest absolute Gasteiger partial charge is 0.481 e. The Morgan fingerprint density at radius 1 is 1.25 bits per heavy atom. The van der Waals surface area contributed by atoms with Gasteiger partial charge in [0.15, 0.2) is 0 Å². The van der Waals surface area contributed by atoms with E-state index in [1.54, 1.807) is 0 Å². The molecule has 1 aliphatic heterocycles. The Bertz CT molecular complexity index is 492. The summed E-state index contributed by atoms with van der Waals surface area (Å²) in [6, 6.07) is 7.29. The van der Waals surface area contributed by atoms with Crippen LogP contribution in [0.1, 0.15) is 49.7 Å². The van der Waals surface area contributed by atoms with Crippen LogP contribution in [0.25, 0.3) is 0 Å². The smallest absolute Gasteiger partial charge is 0.303 e. The number of carbonyl (C=O) groups is 1. The van der Waals surface area contributed by atoms with Crippen LogP contribution in [0.2, 0.25) is 0 Å². The van der Waals surface area contributed by atoms with Crippen LogP contribution in [0.15, 0.2) is 18.2 Å². The van der Waals surface area contributed by atoms with Gasteiger partial charge in [-0.2, -0.15) is 0 Å². The number of aliphatic carboxylic acids is 1. The van der Waals surface area contributed by atoms with Gasteiger partial charge in [-0.3, -0.25) is 4.79 Å². The second-order valence-electron chi connectivity index (χ2n) is 6.09. The molecule has 0 aromatic heterocycles. The number of rotatable bonds is 4. The number of hydrogen-bond donors (Lipinski definition) is 1. The van der Waals surface area contributed by atoms with Gasteiger partial charge in [0, 0.05) is 24.7 Å². The molecule has 20 heavy (non-hydrogen) atoms. The molecule has 0 amide bonds. The zero-order valence-electron chi connectivity index (χ0n) is 12.0. The molecule has 1 aromatic rings. The molecule has 0 atom stereocenters. The van der Waals surface area contributed by atoms with Crippen molar-refractivity contribution in [2.45, 2.75) is 57.4 Å². The highest BCUT2D eigenvalue weighted by molar-refractivity contribution is 5.67. The van der Waals surface area contributed by atoms with E-state index >= 15 is 0 Å². The van der Waals surface area contributed by atoms with Crippen molar-refractivity contribution in [1.29, 1.82) is 0 Å². The van der Waals surface area contributed by atoms with Gasteiger partial charge in [0.1, 0.15) is 0 Å². The molecule has 0 radical (unpaired) electrons. The predicted octanol–water partition coefficient (Wildman–Crippen LogP) is 3.40. The molecule has 3 rings (SSSR count). The van der Waals surface area contributed by atoms with Gasteiger partial charge >= 0.3 is 5.97 Å². The van der Waals surface area contributed by atoms with Crippen molar-refractivity contribution >= 4 is 11.7 Å². The molecule has 1 saturated carbocycles. The van der Waals surface area contributed by atoms with Crippen molar-refractivity contribution < 1.29 is 9.90 Å². The third-order valence-electron chi connectivity index (χ3n) is 4.72. The molecule has 0 unspecified atom stereocenters. The molecule has 1 aliphatic carbocycles. The summed E-state index contributed by atoms with van der Waals surface area (Å²) in [5.74, 6) is -0.714. The molecule has 1 fully saturated rings. The summed E-state index contributed by atoms with van der Waals surface area (Å²) in [6.45, 7) is 1.14. The first kappa shape index (κ1) is 13.5. The Morgan fingerprint density at radius 2 is 2.05 bits per heavy atom. The molecule has 2 aliphatic rings. The predicted molar refractivity (Wildman–Crippen MR) is 80.3 cm³/mol. The van der Waals surface area contributed by atoms with Crippen molar-refractivity contribution in [3.8, 4) is 0 Å². The number of anilines is 1. The maximum atomic E-state index is 10.7. The highest BCUT2D eigenvalue weighted by Crippen LogP contribution is 2.35. The molecule has 3 heteroatoms. The molecular formula is C17H23NO2. The fraction of sp³-hybridized carbons (Fsp3) is 0.588. The molecule has 0 bridgehead atoms. The first-order valence-electron chi connectivity index (χ1n) is 7.84. The van der Waals surface area contributed by atoms with Crippen LogP contribution in [-0.2, 0) is 17.6 Å². The fourth-order valence-electron chi connectivity index (χ4n) is 3.66. The third kappa shape index (κ3) is 2.82. The van der Waals surface area contributed by atoms with Crippen molar-refractivity contribution in [2.24, 2.45) is 0 Å². The molecule has 1 aromatic carbocycles. The molecule has 3 nitrogen and oxygen atoms in total. The zero-order chi connectivity index (χ0) is 13.9. The Labute approximate surface area is 120 Å². The van der Waals surface area contributed by atoms with Crippen LogP contribution in [0, 0.1) is 0 Å². The molecule has 108 valence electrons. The van der Waals surface area contributed by atoms with E-state index in [1.807, 2.05) is 0 Å². The minimum absolute atomic E-state index is 0.227. The fourth-order valence-corrected chi connectivity index (χ4v) is 3.66. The summed E-state index contributed by atoms with van der Waals surface area (Å²) in [4.78, 5) is 13.2. The lowest BCUT2D eigenvalue weighted by Crippen LogP contribution is -2.35. The van der Waals surface area contributed by atoms with E-state index in [2.05, 4.69) is 23.1 Å². The number of nitrogens with zero attached hydrogens (tertiary/aromatic N) is 1. The summed E-state index contributed by atoms with van der Waals surface area (Å²) in [5.41, 5.74) is 3.98. The summed E-state index contributed by atoms with van der Waals surface area (Å²) < 4.78 is 0. The van der Waals surface area contributed by atoms with Crippen LogP contribution < -0.4 is 4.90 Å². The van der Waals surface area contributed by atoms with Crippen molar-refractivity contribution in [3.63, 3.8) is 0 Å². The van der Waals surface area contributed by atoms with Gasteiger partial charge in [0.05, 0.1) is 0 Å². The van der Waals surface area contributed by atoms with Gasteiger partial charge in [-0.25, -0.2) is 0 Å². The Hall–Kier alpha value is -1.51. The van der Waals surface area contributed by atoms with Gasteiger partial charge in [-0.1, -0.05) is 31.4 Å². The number of fused-ring (bicyclic) bond motifs is 1. The Kier molecular flexibility index (Phi) is 3.95. The van der Waals surface area contributed by atoms with Crippen LogP contribution in [-0.4, -0.2) is 23.7 Å². The van der Waals surface area contributed by atoms with Gasteiger partial charge in [0.25, 0.3) is 0 Å². The van der Waals surface area contributed by atoms with Crippen molar-refractivity contribution in [3.05, 3.63) is 29.3 Å². The minimum Gasteiger partial charge on any atom is -0.481 e. The second-order valence-corrected chi connectivity index (χ2v) is 6.09. The summed E-state index contributed by atoms with van der Waals surface area (Å²) >= 11 is 0. The van der Waals surface area contributed by atoms with E-state index in [1.165, 1.54) is 43.4 Å². The number of hydrogen-bond acceptors (Lipinski definition) is 2. The normalized spacial score (nSPS) is 19.1. The van der Waals surface area contributed by atoms with E-state index in [4.69, 9.17) is 5.11 Å². The van der Waals surface area contributed by atoms with E-state index in [9.17, 15) is 4.79 Å². The zero-order valence-corrected chi connectivity index (χ0v) is 12.0. The topological polar surface area (TPSA) is 40.5 Å². The second kappa shape index (κ2) is 5.86. The minimum atomic E-state index is -0.714. The molecular weight excluding hydrogens is 250 g/mol. The Balaban J connectivity index is 1.72. The molecule has 0 spiro atoms. The van der Waals surface area contributed by atoms with E-state index in [0.29, 0.717) is 6.42 Å². The highest BCUT2D eigenvalue weighted by atomic mass is 16.4. The summed E-state index contributed by atoms with van der Waals surface area (Å²) in [6.07, 6.45) is 8.79. The third-order valence-corrected chi connectivity index (χ3v) is 4.72. The summed E-state index contributed by atoms with van der Waals surface area (Å²) in [7, 11) is 0. The van der Waals surface area contributed by atoms with Gasteiger partial charge in [0.2, 0.25) is 0 Å². The molecule has 1 heterocycles. The molecule has 1 N–H and O–H groups in total. The SMILES string of the molecule is O=C(O)CCc1ccc2c(c1)CCN2C1CCCCC1. The van der Waals surface area contributed by atoms with Gasteiger partial charge in [-0.05, 0) is 42.9 Å². The lowest BCUT2D eigenvalue weighted by molar-refractivity contribution is -0.136. The summed E-state index contributed by atoms with van der Waals surface area (Å²) in [5, 5.41) is 8.77. The van der Waals surface area contributed by atoms with Crippen LogP contribution in [0.4, 0.5) is 5.69 Å². The van der Waals surface area contributed by atoms with E-state index < -0.39 is 5.97 Å². The van der Waals surface area contributed by atoms with Crippen LogP contribution in [0.5, 0.6) is 0 Å². The average Bonchev–Trinajstić information content (AvgIpc) is 2.89. The molecule has 0 saturated heterocycles. The lowest BCUT2D eigenvalue weighted by Gasteiger charge is -2.33. The van der Waals surface area contributed by atoms with E-state index in [-0.39, 0.29) is 6.42 Å². The quantitative estimate of drug-likeness (QED) is 0.914. The van der Waals surface area contributed by atoms with Gasteiger partial charge in [-0.15, -0.1) is 0 Å². The van der Waals surface area contributed by atoms with Crippen LogP contribution >= 0.6 is 0 Å². The van der Waals surface area contributed by atoms with Gasteiger partial charge < -0.3 is 10.0 Å². The lowest BCUT2D eigenvalue weighted by atomic mass is 9.94.